The third-order valence-electron chi connectivity index (χ3n) is 6.19. The van der Waals surface area contributed by atoms with E-state index >= 15 is 0 Å². The number of rotatable bonds is 5. The standard InChI is InChI=1S/C23H22ClFN6O/c1-14-3-4-17(20-26-7-2-8-27-20)19(30-14)22(32)31-13-23(5-6-23)10-16(31)12-29-21-18(25)9-15(24)11-28-21/h2-4,7-9,11,16H,5-6,10,12-13H2,1H3,(H,28,29). The summed E-state index contributed by atoms with van der Waals surface area (Å²) < 4.78 is 14.2. The topological polar surface area (TPSA) is 83.9 Å². The average Bonchev–Trinajstić information content (AvgIpc) is 3.44. The van der Waals surface area contributed by atoms with Crippen molar-refractivity contribution in [1.29, 1.82) is 0 Å². The van der Waals surface area contributed by atoms with Crippen molar-refractivity contribution in [3.63, 3.8) is 0 Å². The fourth-order valence-electron chi connectivity index (χ4n) is 4.36. The first-order chi connectivity index (χ1) is 15.4. The summed E-state index contributed by atoms with van der Waals surface area (Å²) in [5, 5.41) is 3.30. The highest BCUT2D eigenvalue weighted by atomic mass is 35.5. The van der Waals surface area contributed by atoms with Crippen LogP contribution in [0.2, 0.25) is 5.02 Å². The van der Waals surface area contributed by atoms with E-state index in [2.05, 4.69) is 25.3 Å². The Labute approximate surface area is 190 Å². The third-order valence-corrected chi connectivity index (χ3v) is 6.40. The lowest BCUT2D eigenvalue weighted by atomic mass is 10.0. The smallest absolute Gasteiger partial charge is 0.273 e. The normalized spacial score (nSPS) is 18.7. The van der Waals surface area contributed by atoms with Gasteiger partial charge < -0.3 is 10.2 Å². The molecule has 3 aromatic heterocycles. The van der Waals surface area contributed by atoms with Crippen LogP contribution in [0.15, 0.2) is 42.9 Å². The van der Waals surface area contributed by atoms with Gasteiger partial charge in [0.15, 0.2) is 17.5 Å². The largest absolute Gasteiger partial charge is 0.366 e. The molecular weight excluding hydrogens is 431 g/mol. The van der Waals surface area contributed by atoms with E-state index in [9.17, 15) is 9.18 Å². The Morgan fingerprint density at radius 1 is 1.28 bits per heavy atom. The number of hydrogen-bond donors (Lipinski definition) is 1. The third kappa shape index (κ3) is 4.02. The van der Waals surface area contributed by atoms with Gasteiger partial charge in [0.05, 0.1) is 10.6 Å². The number of nitrogens with zero attached hydrogens (tertiary/aromatic N) is 5. The van der Waals surface area contributed by atoms with Gasteiger partial charge in [0.25, 0.3) is 5.91 Å². The molecule has 2 aliphatic rings. The summed E-state index contributed by atoms with van der Waals surface area (Å²) in [4.78, 5) is 32.8. The van der Waals surface area contributed by atoms with Gasteiger partial charge in [-0.2, -0.15) is 0 Å². The number of hydrogen-bond acceptors (Lipinski definition) is 6. The van der Waals surface area contributed by atoms with Crippen molar-refractivity contribution in [2.75, 3.05) is 18.4 Å². The van der Waals surface area contributed by atoms with E-state index in [-0.39, 0.29) is 28.2 Å². The van der Waals surface area contributed by atoms with Crippen molar-refractivity contribution in [1.82, 2.24) is 24.8 Å². The van der Waals surface area contributed by atoms with Crippen LogP contribution in [0, 0.1) is 18.2 Å². The molecule has 0 aromatic carbocycles. The Morgan fingerprint density at radius 3 is 2.78 bits per heavy atom. The Bertz CT molecular complexity index is 1170. The number of aryl methyl sites for hydroxylation is 1. The molecule has 9 heteroatoms. The van der Waals surface area contributed by atoms with Crippen molar-refractivity contribution in [3.8, 4) is 11.4 Å². The molecule has 4 heterocycles. The molecule has 7 nitrogen and oxygen atoms in total. The molecule has 2 fully saturated rings. The number of aromatic nitrogens is 4. The van der Waals surface area contributed by atoms with Gasteiger partial charge in [-0.15, -0.1) is 0 Å². The van der Waals surface area contributed by atoms with Crippen LogP contribution in [-0.2, 0) is 0 Å². The SMILES string of the molecule is Cc1ccc(-c2ncccn2)c(C(=O)N2CC3(CC3)CC2CNc2ncc(Cl)cc2F)n1. The molecule has 164 valence electrons. The molecular formula is C23H22ClFN6O. The number of halogens is 2. The van der Waals surface area contributed by atoms with Gasteiger partial charge in [0, 0.05) is 43.4 Å². The van der Waals surface area contributed by atoms with E-state index in [0.29, 0.717) is 30.2 Å². The maximum atomic E-state index is 14.2. The van der Waals surface area contributed by atoms with Gasteiger partial charge in [-0.05, 0) is 55.9 Å². The van der Waals surface area contributed by atoms with Crippen molar-refractivity contribution in [3.05, 3.63) is 65.1 Å². The summed E-state index contributed by atoms with van der Waals surface area (Å²) in [6.07, 6.45) is 7.74. The molecule has 1 aliphatic heterocycles. The lowest BCUT2D eigenvalue weighted by molar-refractivity contribution is 0.0732. The van der Waals surface area contributed by atoms with Gasteiger partial charge in [0.1, 0.15) is 5.69 Å². The average molecular weight is 453 g/mol. The van der Waals surface area contributed by atoms with Crippen molar-refractivity contribution in [2.45, 2.75) is 32.2 Å². The van der Waals surface area contributed by atoms with Crippen LogP contribution in [0.4, 0.5) is 10.2 Å². The molecule has 1 N–H and O–H groups in total. The maximum Gasteiger partial charge on any atom is 0.273 e. The van der Waals surface area contributed by atoms with Gasteiger partial charge in [-0.25, -0.2) is 24.3 Å². The predicted octanol–water partition coefficient (Wildman–Crippen LogP) is 4.14. The van der Waals surface area contributed by atoms with Crippen LogP contribution < -0.4 is 5.32 Å². The number of pyridine rings is 2. The maximum absolute atomic E-state index is 14.2. The highest BCUT2D eigenvalue weighted by molar-refractivity contribution is 6.30. The molecule has 1 spiro atoms. The summed E-state index contributed by atoms with van der Waals surface area (Å²) >= 11 is 5.80. The number of carbonyl (C=O) groups is 1. The second-order valence-electron chi connectivity index (χ2n) is 8.58. The number of amides is 1. The fourth-order valence-corrected chi connectivity index (χ4v) is 4.50. The second kappa shape index (κ2) is 8.09. The summed E-state index contributed by atoms with van der Waals surface area (Å²) in [6, 6.07) is 6.54. The zero-order valence-electron chi connectivity index (χ0n) is 17.6. The summed E-state index contributed by atoms with van der Waals surface area (Å²) in [5.74, 6) is -0.0777. The van der Waals surface area contributed by atoms with Crippen LogP contribution >= 0.6 is 11.6 Å². The lowest BCUT2D eigenvalue weighted by Crippen LogP contribution is -2.40. The minimum absolute atomic E-state index is 0.103. The predicted molar refractivity (Wildman–Crippen MR) is 119 cm³/mol. The molecule has 1 aliphatic carbocycles. The summed E-state index contributed by atoms with van der Waals surface area (Å²) in [7, 11) is 0. The molecule has 3 aromatic rings. The van der Waals surface area contributed by atoms with Gasteiger partial charge >= 0.3 is 0 Å². The zero-order chi connectivity index (χ0) is 22.3. The van der Waals surface area contributed by atoms with E-state index in [1.165, 1.54) is 12.3 Å². The van der Waals surface area contributed by atoms with Crippen LogP contribution in [-0.4, -0.2) is 49.9 Å². The van der Waals surface area contributed by atoms with Gasteiger partial charge in [-0.3, -0.25) is 4.79 Å². The minimum Gasteiger partial charge on any atom is -0.366 e. The molecule has 0 bridgehead atoms. The van der Waals surface area contributed by atoms with Crippen molar-refractivity contribution < 1.29 is 9.18 Å². The van der Waals surface area contributed by atoms with Crippen LogP contribution in [0.1, 0.15) is 35.4 Å². The van der Waals surface area contributed by atoms with E-state index in [1.807, 2.05) is 24.0 Å². The number of nitrogens with one attached hydrogen (secondary N) is 1. The van der Waals surface area contributed by atoms with E-state index < -0.39 is 5.82 Å². The highest BCUT2D eigenvalue weighted by Crippen LogP contribution is 2.55. The van der Waals surface area contributed by atoms with Crippen LogP contribution in [0.5, 0.6) is 0 Å². The summed E-state index contributed by atoms with van der Waals surface area (Å²) in [6.45, 7) is 2.91. The van der Waals surface area contributed by atoms with E-state index in [4.69, 9.17) is 11.6 Å². The quantitative estimate of drug-likeness (QED) is 0.626. The molecule has 1 saturated carbocycles. The Hall–Kier alpha value is -3.13. The first-order valence-electron chi connectivity index (χ1n) is 10.6. The molecule has 1 unspecified atom stereocenters. The Morgan fingerprint density at radius 2 is 2.06 bits per heavy atom. The lowest BCUT2D eigenvalue weighted by Gasteiger charge is -2.25. The second-order valence-corrected chi connectivity index (χ2v) is 9.01. The molecule has 0 radical (unpaired) electrons. The minimum atomic E-state index is -0.515. The highest BCUT2D eigenvalue weighted by Gasteiger charge is 2.53. The molecule has 32 heavy (non-hydrogen) atoms. The molecule has 1 saturated heterocycles. The first kappa shape index (κ1) is 20.8. The number of likely N-dealkylation sites (tertiary alicyclic amines) is 1. The van der Waals surface area contributed by atoms with Crippen LogP contribution in [0.25, 0.3) is 11.4 Å². The van der Waals surface area contributed by atoms with Crippen LogP contribution in [0.3, 0.4) is 0 Å². The van der Waals surface area contributed by atoms with Gasteiger partial charge in [-0.1, -0.05) is 11.6 Å². The zero-order valence-corrected chi connectivity index (χ0v) is 18.3. The number of carbonyl (C=O) groups excluding carboxylic acids is 1. The fraction of sp³-hybridized carbons (Fsp3) is 0.348. The molecule has 5 rings (SSSR count). The van der Waals surface area contributed by atoms with Crippen molar-refractivity contribution >= 4 is 23.3 Å². The molecule has 1 atom stereocenters. The van der Waals surface area contributed by atoms with E-state index in [0.717, 1.165) is 25.0 Å². The first-order valence-corrected chi connectivity index (χ1v) is 10.9. The van der Waals surface area contributed by atoms with Gasteiger partial charge in [0.2, 0.25) is 0 Å². The molecule has 1 amide bonds. The Balaban J connectivity index is 1.42. The Kier molecular flexibility index (Phi) is 5.25. The van der Waals surface area contributed by atoms with E-state index in [1.54, 1.807) is 18.5 Å². The van der Waals surface area contributed by atoms with Crippen molar-refractivity contribution in [2.24, 2.45) is 5.41 Å². The number of anilines is 1. The monoisotopic (exact) mass is 452 g/mol. The summed E-state index contributed by atoms with van der Waals surface area (Å²) in [5.41, 5.74) is 1.85.